The van der Waals surface area contributed by atoms with Gasteiger partial charge >= 0.3 is 0 Å². The molecule has 1 N–H and O–H groups in total. The number of nitrogens with zero attached hydrogens (tertiary/aromatic N) is 3. The number of nitrogens with one attached hydrogen (secondary N) is 1. The number of halogens is 1. The second-order valence-electron chi connectivity index (χ2n) is 7.44. The number of hydrogen-bond donors (Lipinski definition) is 1. The minimum atomic E-state index is -3.73. The van der Waals surface area contributed by atoms with Gasteiger partial charge in [-0.2, -0.15) is 0 Å². The number of amides is 1. The number of pyridine rings is 1. The summed E-state index contributed by atoms with van der Waals surface area (Å²) in [6.45, 7) is 1.94. The molecule has 9 heteroatoms. The third-order valence-electron chi connectivity index (χ3n) is 5.09. The Morgan fingerprint density at radius 2 is 1.78 bits per heavy atom. The van der Waals surface area contributed by atoms with Crippen molar-refractivity contribution in [2.45, 2.75) is 11.8 Å². The number of anilines is 1. The molecule has 0 saturated carbocycles. The van der Waals surface area contributed by atoms with Crippen LogP contribution in [0.5, 0.6) is 0 Å². The number of imidazole rings is 1. The van der Waals surface area contributed by atoms with Crippen LogP contribution in [0.4, 0.5) is 5.82 Å². The Morgan fingerprint density at radius 3 is 2.47 bits per heavy atom. The van der Waals surface area contributed by atoms with Gasteiger partial charge < -0.3 is 5.32 Å². The Bertz CT molecular complexity index is 1430. The van der Waals surface area contributed by atoms with Crippen molar-refractivity contribution in [3.05, 3.63) is 83.0 Å². The molecule has 0 spiro atoms. The van der Waals surface area contributed by atoms with E-state index >= 15 is 0 Å². The van der Waals surface area contributed by atoms with Crippen molar-refractivity contribution in [3.63, 3.8) is 0 Å². The average molecular weight is 469 g/mol. The van der Waals surface area contributed by atoms with Crippen molar-refractivity contribution < 1.29 is 13.2 Å². The van der Waals surface area contributed by atoms with Gasteiger partial charge in [-0.05, 0) is 36.8 Å². The van der Waals surface area contributed by atoms with Crippen molar-refractivity contribution in [3.8, 4) is 11.3 Å². The molecule has 0 aliphatic rings. The maximum atomic E-state index is 13.2. The lowest BCUT2D eigenvalue weighted by molar-refractivity contribution is 0.102. The molecule has 0 unspecified atom stereocenters. The Hall–Kier alpha value is -3.20. The Kier molecular flexibility index (Phi) is 5.77. The van der Waals surface area contributed by atoms with Crippen LogP contribution in [-0.2, 0) is 10.0 Å². The first-order chi connectivity index (χ1) is 15.2. The summed E-state index contributed by atoms with van der Waals surface area (Å²) in [7, 11) is -0.872. The van der Waals surface area contributed by atoms with Gasteiger partial charge in [0.2, 0.25) is 10.0 Å². The number of aryl methyl sites for hydroxylation is 1. The normalized spacial score (nSPS) is 11.8. The monoisotopic (exact) mass is 468 g/mol. The second kappa shape index (κ2) is 8.38. The topological polar surface area (TPSA) is 83.8 Å². The van der Waals surface area contributed by atoms with E-state index in [-0.39, 0.29) is 15.5 Å². The lowest BCUT2D eigenvalue weighted by atomic mass is 10.1. The number of carbonyl (C=O) groups is 1. The molecule has 164 valence electrons. The van der Waals surface area contributed by atoms with Crippen LogP contribution in [0.3, 0.4) is 0 Å². The number of sulfonamides is 1. The van der Waals surface area contributed by atoms with E-state index in [9.17, 15) is 13.2 Å². The number of benzene rings is 2. The van der Waals surface area contributed by atoms with Crippen LogP contribution in [0, 0.1) is 6.92 Å². The number of fused-ring (bicyclic) bond motifs is 1. The molecule has 4 aromatic rings. The van der Waals surface area contributed by atoms with Gasteiger partial charge in [-0.3, -0.25) is 9.20 Å². The summed E-state index contributed by atoms with van der Waals surface area (Å²) in [5.41, 5.74) is 3.14. The zero-order chi connectivity index (χ0) is 23.0. The zero-order valence-corrected chi connectivity index (χ0v) is 19.3. The molecule has 7 nitrogen and oxygen atoms in total. The predicted molar refractivity (Wildman–Crippen MR) is 126 cm³/mol. The quantitative estimate of drug-likeness (QED) is 0.468. The lowest BCUT2D eigenvalue weighted by Gasteiger charge is -2.14. The van der Waals surface area contributed by atoms with E-state index < -0.39 is 15.9 Å². The molecule has 2 heterocycles. The molecule has 0 bridgehead atoms. The van der Waals surface area contributed by atoms with Crippen LogP contribution in [0.2, 0.25) is 5.02 Å². The third kappa shape index (κ3) is 3.88. The van der Waals surface area contributed by atoms with Crippen molar-refractivity contribution in [2.75, 3.05) is 19.4 Å². The third-order valence-corrected chi connectivity index (χ3v) is 7.23. The van der Waals surface area contributed by atoms with Gasteiger partial charge in [-0.1, -0.05) is 48.0 Å². The summed E-state index contributed by atoms with van der Waals surface area (Å²) >= 11 is 6.27. The fraction of sp³-hybridized carbons (Fsp3) is 0.130. The molecule has 2 aromatic carbocycles. The van der Waals surface area contributed by atoms with Gasteiger partial charge in [0.25, 0.3) is 5.91 Å². The van der Waals surface area contributed by atoms with E-state index in [1.165, 1.54) is 32.3 Å². The first-order valence-electron chi connectivity index (χ1n) is 9.76. The second-order valence-corrected chi connectivity index (χ2v) is 10.0. The summed E-state index contributed by atoms with van der Waals surface area (Å²) in [5, 5.41) is 3.04. The first-order valence-corrected chi connectivity index (χ1v) is 11.6. The van der Waals surface area contributed by atoms with Crippen molar-refractivity contribution in [1.82, 2.24) is 13.7 Å². The minimum absolute atomic E-state index is 0.0191. The van der Waals surface area contributed by atoms with Crippen molar-refractivity contribution >= 4 is 39.0 Å². The molecule has 0 atom stereocenters. The first kappa shape index (κ1) is 22.0. The van der Waals surface area contributed by atoms with Gasteiger partial charge in [-0.25, -0.2) is 17.7 Å². The summed E-state index contributed by atoms with van der Waals surface area (Å²) in [6.07, 6.45) is 1.81. The van der Waals surface area contributed by atoms with Crippen molar-refractivity contribution in [2.24, 2.45) is 0 Å². The van der Waals surface area contributed by atoms with E-state index in [0.29, 0.717) is 17.2 Å². The van der Waals surface area contributed by atoms with Crippen LogP contribution < -0.4 is 5.32 Å². The molecular formula is C23H21ClN4O3S. The van der Waals surface area contributed by atoms with Gasteiger partial charge in [0.1, 0.15) is 17.2 Å². The largest absolute Gasteiger partial charge is 0.306 e. The molecule has 32 heavy (non-hydrogen) atoms. The summed E-state index contributed by atoms with van der Waals surface area (Å²) < 4.78 is 27.9. The maximum absolute atomic E-state index is 13.2. The fourth-order valence-electron chi connectivity index (χ4n) is 3.35. The molecule has 0 saturated heterocycles. The molecular weight excluding hydrogens is 448 g/mol. The van der Waals surface area contributed by atoms with Crippen LogP contribution in [-0.4, -0.2) is 42.1 Å². The molecule has 0 aliphatic heterocycles. The number of carbonyl (C=O) groups excluding carboxylic acids is 1. The van der Waals surface area contributed by atoms with E-state index in [0.717, 1.165) is 15.4 Å². The smallest absolute Gasteiger partial charge is 0.258 e. The Morgan fingerprint density at radius 1 is 1.06 bits per heavy atom. The minimum Gasteiger partial charge on any atom is -0.306 e. The van der Waals surface area contributed by atoms with Crippen LogP contribution in [0.15, 0.2) is 71.8 Å². The molecule has 0 aliphatic carbocycles. The highest BCUT2D eigenvalue weighted by atomic mass is 35.5. The highest BCUT2D eigenvalue weighted by Crippen LogP contribution is 2.31. The van der Waals surface area contributed by atoms with E-state index in [1.54, 1.807) is 4.40 Å². The predicted octanol–water partition coefficient (Wildman–Crippen LogP) is 4.47. The number of rotatable bonds is 5. The molecule has 2 aromatic heterocycles. The Balaban J connectivity index is 1.83. The summed E-state index contributed by atoms with van der Waals surface area (Å²) in [5.74, 6) is -0.0665. The van der Waals surface area contributed by atoms with E-state index in [2.05, 4.69) is 5.32 Å². The highest BCUT2D eigenvalue weighted by Gasteiger charge is 2.23. The molecule has 4 rings (SSSR count). The Labute approximate surface area is 191 Å². The number of aromatic nitrogens is 2. The van der Waals surface area contributed by atoms with Gasteiger partial charge in [0.15, 0.2) is 0 Å². The molecule has 1 amide bonds. The van der Waals surface area contributed by atoms with Gasteiger partial charge in [-0.15, -0.1) is 0 Å². The van der Waals surface area contributed by atoms with E-state index in [1.807, 2.05) is 55.6 Å². The maximum Gasteiger partial charge on any atom is 0.258 e. The summed E-state index contributed by atoms with van der Waals surface area (Å²) in [6, 6.07) is 17.4. The van der Waals surface area contributed by atoms with Crippen LogP contribution >= 0.6 is 11.6 Å². The standard InChI is InChI=1S/C23H21ClN4O3S/c1-15-8-7-13-28-21(15)25-20(16-9-5-4-6-10-16)22(28)26-23(29)18-14-17(11-12-19(18)24)32(30,31)27(2)3/h4-14H,1-3H3,(H,26,29). The molecule has 0 fully saturated rings. The van der Waals surface area contributed by atoms with Gasteiger partial charge in [0, 0.05) is 25.9 Å². The fourth-order valence-corrected chi connectivity index (χ4v) is 4.48. The highest BCUT2D eigenvalue weighted by molar-refractivity contribution is 7.89. The molecule has 0 radical (unpaired) electrons. The number of hydrogen-bond acceptors (Lipinski definition) is 4. The van der Waals surface area contributed by atoms with Crippen LogP contribution in [0.25, 0.3) is 16.9 Å². The van der Waals surface area contributed by atoms with Crippen LogP contribution in [0.1, 0.15) is 15.9 Å². The van der Waals surface area contributed by atoms with Crippen molar-refractivity contribution in [1.29, 1.82) is 0 Å². The average Bonchev–Trinajstić information content (AvgIpc) is 3.14. The summed E-state index contributed by atoms with van der Waals surface area (Å²) in [4.78, 5) is 18.0. The zero-order valence-electron chi connectivity index (χ0n) is 17.7. The van der Waals surface area contributed by atoms with E-state index in [4.69, 9.17) is 16.6 Å². The SMILES string of the molecule is Cc1cccn2c(NC(=O)c3cc(S(=O)(=O)N(C)C)ccc3Cl)c(-c3ccccc3)nc12. The van der Waals surface area contributed by atoms with Gasteiger partial charge in [0.05, 0.1) is 15.5 Å². The lowest BCUT2D eigenvalue weighted by Crippen LogP contribution is -2.23.